The third-order valence-electron chi connectivity index (χ3n) is 3.03. The first-order valence-corrected chi connectivity index (χ1v) is 7.22. The number of hydrogen-bond acceptors (Lipinski definition) is 2. The van der Waals surface area contributed by atoms with Crippen molar-refractivity contribution >= 4 is 22.2 Å². The first-order chi connectivity index (χ1) is 9.40. The number of halogens is 1. The van der Waals surface area contributed by atoms with Gasteiger partial charge in [-0.25, -0.2) is 0 Å². The minimum atomic E-state index is 0.0621. The van der Waals surface area contributed by atoms with Gasteiger partial charge >= 0.3 is 0 Å². The van der Waals surface area contributed by atoms with Gasteiger partial charge in [0.2, 0.25) is 0 Å². The molecule has 0 heterocycles. The van der Waals surface area contributed by atoms with Crippen LogP contribution in [-0.4, -0.2) is 6.29 Å². The number of rotatable bonds is 3. The van der Waals surface area contributed by atoms with Crippen molar-refractivity contribution in [1.29, 1.82) is 0 Å². The lowest BCUT2D eigenvalue weighted by Crippen LogP contribution is -2.10. The van der Waals surface area contributed by atoms with Crippen LogP contribution in [-0.2, 0) is 5.41 Å². The van der Waals surface area contributed by atoms with Crippen molar-refractivity contribution < 1.29 is 9.53 Å². The third-order valence-corrected chi connectivity index (χ3v) is 3.52. The number of carbonyl (C=O) groups excluding carboxylic acids is 1. The van der Waals surface area contributed by atoms with Gasteiger partial charge in [0.05, 0.1) is 5.56 Å². The number of ether oxygens (including phenoxy) is 1. The summed E-state index contributed by atoms with van der Waals surface area (Å²) in [5.41, 5.74) is 1.78. The van der Waals surface area contributed by atoms with E-state index in [2.05, 4.69) is 42.8 Å². The second kappa shape index (κ2) is 5.80. The Hall–Kier alpha value is -1.61. The van der Waals surface area contributed by atoms with E-state index in [0.717, 1.165) is 16.5 Å². The predicted octanol–water partition coefficient (Wildman–Crippen LogP) is 5.35. The molecule has 20 heavy (non-hydrogen) atoms. The second-order valence-corrected chi connectivity index (χ2v) is 6.60. The summed E-state index contributed by atoms with van der Waals surface area (Å²) in [6.45, 7) is 6.47. The van der Waals surface area contributed by atoms with Crippen molar-refractivity contribution in [2.24, 2.45) is 0 Å². The van der Waals surface area contributed by atoms with E-state index in [-0.39, 0.29) is 5.41 Å². The molecule has 2 aromatic carbocycles. The van der Waals surface area contributed by atoms with E-state index in [1.807, 2.05) is 24.3 Å². The standard InChI is InChI=1S/C17H17BrO2/c1-17(2,3)13-5-4-6-15(10-13)20-16-8-7-14(18)9-12(16)11-19/h4-11H,1-3H3. The summed E-state index contributed by atoms with van der Waals surface area (Å²) in [6, 6.07) is 13.3. The van der Waals surface area contributed by atoms with Crippen LogP contribution in [0.5, 0.6) is 11.5 Å². The molecule has 0 atom stereocenters. The van der Waals surface area contributed by atoms with Crippen LogP contribution in [0.2, 0.25) is 0 Å². The Labute approximate surface area is 127 Å². The monoisotopic (exact) mass is 332 g/mol. The molecular formula is C17H17BrO2. The molecule has 0 bridgehead atoms. The van der Waals surface area contributed by atoms with Crippen molar-refractivity contribution in [1.82, 2.24) is 0 Å². The highest BCUT2D eigenvalue weighted by Crippen LogP contribution is 2.30. The molecule has 0 unspecified atom stereocenters. The van der Waals surface area contributed by atoms with Crippen LogP contribution in [0.3, 0.4) is 0 Å². The van der Waals surface area contributed by atoms with E-state index in [9.17, 15) is 4.79 Å². The summed E-state index contributed by atoms with van der Waals surface area (Å²) >= 11 is 3.35. The van der Waals surface area contributed by atoms with Gasteiger partial charge in [-0.3, -0.25) is 4.79 Å². The number of hydrogen-bond donors (Lipinski definition) is 0. The van der Waals surface area contributed by atoms with Crippen LogP contribution < -0.4 is 4.74 Å². The van der Waals surface area contributed by atoms with Gasteiger partial charge in [-0.1, -0.05) is 48.8 Å². The summed E-state index contributed by atoms with van der Waals surface area (Å²) in [5.74, 6) is 1.30. The lowest BCUT2D eigenvalue weighted by molar-refractivity contribution is 0.112. The van der Waals surface area contributed by atoms with E-state index in [4.69, 9.17) is 4.74 Å². The Bertz CT molecular complexity index is 627. The van der Waals surface area contributed by atoms with Crippen molar-refractivity contribution in [3.8, 4) is 11.5 Å². The molecule has 104 valence electrons. The fraction of sp³-hybridized carbons (Fsp3) is 0.235. The molecule has 2 nitrogen and oxygen atoms in total. The number of aldehydes is 1. The van der Waals surface area contributed by atoms with Crippen LogP contribution in [0.25, 0.3) is 0 Å². The number of carbonyl (C=O) groups is 1. The topological polar surface area (TPSA) is 26.3 Å². The predicted molar refractivity (Wildman–Crippen MR) is 84.7 cm³/mol. The SMILES string of the molecule is CC(C)(C)c1cccc(Oc2ccc(Br)cc2C=O)c1. The van der Waals surface area contributed by atoms with E-state index >= 15 is 0 Å². The summed E-state index contributed by atoms with van der Waals surface area (Å²) in [7, 11) is 0. The Morgan fingerprint density at radius 3 is 2.50 bits per heavy atom. The van der Waals surface area contributed by atoms with Crippen molar-refractivity contribution in [3.05, 3.63) is 58.1 Å². The number of benzene rings is 2. The van der Waals surface area contributed by atoms with E-state index < -0.39 is 0 Å². The van der Waals surface area contributed by atoms with Gasteiger partial charge in [-0.15, -0.1) is 0 Å². The molecule has 0 aliphatic carbocycles. The fourth-order valence-corrected chi connectivity index (χ4v) is 2.24. The zero-order chi connectivity index (χ0) is 14.8. The summed E-state index contributed by atoms with van der Waals surface area (Å²) in [6.07, 6.45) is 0.799. The van der Waals surface area contributed by atoms with Crippen LogP contribution in [0.1, 0.15) is 36.7 Å². The van der Waals surface area contributed by atoms with Gasteiger partial charge in [-0.05, 0) is 41.3 Å². The highest BCUT2D eigenvalue weighted by atomic mass is 79.9. The lowest BCUT2D eigenvalue weighted by atomic mass is 9.87. The van der Waals surface area contributed by atoms with E-state index in [1.165, 1.54) is 5.56 Å². The summed E-state index contributed by atoms with van der Waals surface area (Å²) in [4.78, 5) is 11.1. The minimum Gasteiger partial charge on any atom is -0.457 e. The molecule has 0 radical (unpaired) electrons. The van der Waals surface area contributed by atoms with Gasteiger partial charge in [0, 0.05) is 4.47 Å². The first kappa shape index (κ1) is 14.8. The maximum absolute atomic E-state index is 11.1. The molecule has 2 aromatic rings. The average molecular weight is 333 g/mol. The molecule has 0 N–H and O–H groups in total. The summed E-state index contributed by atoms with van der Waals surface area (Å²) in [5, 5.41) is 0. The molecule has 0 saturated heterocycles. The maximum Gasteiger partial charge on any atom is 0.153 e. The van der Waals surface area contributed by atoms with Crippen LogP contribution in [0.4, 0.5) is 0 Å². The Balaban J connectivity index is 2.33. The lowest BCUT2D eigenvalue weighted by Gasteiger charge is -2.20. The third kappa shape index (κ3) is 3.48. The van der Waals surface area contributed by atoms with E-state index in [0.29, 0.717) is 11.3 Å². The highest BCUT2D eigenvalue weighted by Gasteiger charge is 2.14. The van der Waals surface area contributed by atoms with Crippen molar-refractivity contribution in [2.45, 2.75) is 26.2 Å². The fourth-order valence-electron chi connectivity index (χ4n) is 1.86. The Morgan fingerprint density at radius 1 is 1.10 bits per heavy atom. The van der Waals surface area contributed by atoms with Gasteiger partial charge < -0.3 is 4.74 Å². The molecule has 0 saturated carbocycles. The van der Waals surface area contributed by atoms with Crippen LogP contribution in [0, 0.1) is 0 Å². The molecule has 3 heteroatoms. The zero-order valence-corrected chi connectivity index (χ0v) is 13.4. The molecule has 0 spiro atoms. The molecule has 0 aliphatic rings. The molecule has 0 fully saturated rings. The van der Waals surface area contributed by atoms with Crippen LogP contribution in [0.15, 0.2) is 46.9 Å². The molecule has 0 aliphatic heterocycles. The van der Waals surface area contributed by atoms with Gasteiger partial charge in [0.1, 0.15) is 11.5 Å². The van der Waals surface area contributed by atoms with E-state index in [1.54, 1.807) is 12.1 Å². The average Bonchev–Trinajstić information content (AvgIpc) is 2.40. The van der Waals surface area contributed by atoms with Gasteiger partial charge in [-0.2, -0.15) is 0 Å². The highest BCUT2D eigenvalue weighted by molar-refractivity contribution is 9.10. The Morgan fingerprint density at radius 2 is 1.85 bits per heavy atom. The van der Waals surface area contributed by atoms with Crippen molar-refractivity contribution in [3.63, 3.8) is 0 Å². The first-order valence-electron chi connectivity index (χ1n) is 6.43. The van der Waals surface area contributed by atoms with Gasteiger partial charge in [0.15, 0.2) is 6.29 Å². The molecular weight excluding hydrogens is 316 g/mol. The quantitative estimate of drug-likeness (QED) is 0.708. The smallest absolute Gasteiger partial charge is 0.153 e. The van der Waals surface area contributed by atoms with Gasteiger partial charge in [0.25, 0.3) is 0 Å². The maximum atomic E-state index is 11.1. The molecule has 0 amide bonds. The van der Waals surface area contributed by atoms with Crippen molar-refractivity contribution in [2.75, 3.05) is 0 Å². The molecule has 2 rings (SSSR count). The second-order valence-electron chi connectivity index (χ2n) is 5.68. The van der Waals surface area contributed by atoms with Crippen LogP contribution >= 0.6 is 15.9 Å². The Kier molecular flexibility index (Phi) is 4.29. The largest absolute Gasteiger partial charge is 0.457 e. The molecule has 0 aromatic heterocycles. The zero-order valence-electron chi connectivity index (χ0n) is 11.8. The normalized spacial score (nSPS) is 11.2. The minimum absolute atomic E-state index is 0.0621. The summed E-state index contributed by atoms with van der Waals surface area (Å²) < 4.78 is 6.70.